The fourth-order valence-corrected chi connectivity index (χ4v) is 2.17. The standard InChI is InChI=1S/C15H24N2O2/c1-11(2)9-17(10-15(16)19)12(3)8-13-4-6-14(18)7-5-13/h4-7,11-12,18H,8-10H2,1-3H3,(H2,16,19). The summed E-state index contributed by atoms with van der Waals surface area (Å²) >= 11 is 0. The second-order valence-electron chi connectivity index (χ2n) is 5.51. The topological polar surface area (TPSA) is 66.6 Å². The molecule has 19 heavy (non-hydrogen) atoms. The van der Waals surface area contributed by atoms with Gasteiger partial charge in [0.15, 0.2) is 0 Å². The van der Waals surface area contributed by atoms with Crippen LogP contribution in [-0.2, 0) is 11.2 Å². The number of aromatic hydroxyl groups is 1. The van der Waals surface area contributed by atoms with Gasteiger partial charge in [0.2, 0.25) is 5.91 Å². The molecule has 0 saturated heterocycles. The van der Waals surface area contributed by atoms with Crippen LogP contribution in [0.1, 0.15) is 26.3 Å². The van der Waals surface area contributed by atoms with Crippen LogP contribution in [0.3, 0.4) is 0 Å². The van der Waals surface area contributed by atoms with Gasteiger partial charge in [0, 0.05) is 12.6 Å². The maximum Gasteiger partial charge on any atom is 0.231 e. The SMILES string of the molecule is CC(C)CN(CC(N)=O)C(C)Cc1ccc(O)cc1. The number of nitrogens with two attached hydrogens (primary N) is 1. The average Bonchev–Trinajstić information content (AvgIpc) is 2.30. The minimum atomic E-state index is -0.293. The van der Waals surface area contributed by atoms with Gasteiger partial charge in [0.25, 0.3) is 0 Å². The Kier molecular flexibility index (Phi) is 5.83. The van der Waals surface area contributed by atoms with E-state index in [4.69, 9.17) is 5.73 Å². The van der Waals surface area contributed by atoms with E-state index in [2.05, 4.69) is 25.7 Å². The first-order valence-corrected chi connectivity index (χ1v) is 6.68. The Morgan fingerprint density at radius 3 is 2.32 bits per heavy atom. The number of amides is 1. The van der Waals surface area contributed by atoms with E-state index in [1.54, 1.807) is 12.1 Å². The zero-order valence-corrected chi connectivity index (χ0v) is 12.0. The molecule has 1 aromatic rings. The van der Waals surface area contributed by atoms with Crippen LogP contribution in [0.4, 0.5) is 0 Å². The van der Waals surface area contributed by atoms with Gasteiger partial charge in [-0.1, -0.05) is 26.0 Å². The van der Waals surface area contributed by atoms with E-state index < -0.39 is 0 Å². The highest BCUT2D eigenvalue weighted by molar-refractivity contribution is 5.75. The van der Waals surface area contributed by atoms with Crippen LogP contribution in [-0.4, -0.2) is 35.0 Å². The molecule has 0 radical (unpaired) electrons. The number of primary amides is 1. The van der Waals surface area contributed by atoms with Gasteiger partial charge in [-0.3, -0.25) is 9.69 Å². The first-order chi connectivity index (χ1) is 8.88. The largest absolute Gasteiger partial charge is 0.508 e. The maximum absolute atomic E-state index is 11.1. The lowest BCUT2D eigenvalue weighted by atomic mass is 10.0. The van der Waals surface area contributed by atoms with E-state index in [-0.39, 0.29) is 24.2 Å². The van der Waals surface area contributed by atoms with Gasteiger partial charge in [-0.25, -0.2) is 0 Å². The summed E-state index contributed by atoms with van der Waals surface area (Å²) in [7, 11) is 0. The average molecular weight is 264 g/mol. The third kappa shape index (κ3) is 5.75. The molecule has 1 aromatic carbocycles. The highest BCUT2D eigenvalue weighted by Gasteiger charge is 2.17. The lowest BCUT2D eigenvalue weighted by molar-refractivity contribution is -0.119. The van der Waals surface area contributed by atoms with Crippen molar-refractivity contribution in [1.82, 2.24) is 4.90 Å². The van der Waals surface area contributed by atoms with Crippen LogP contribution in [0.5, 0.6) is 5.75 Å². The van der Waals surface area contributed by atoms with Crippen molar-refractivity contribution in [3.8, 4) is 5.75 Å². The summed E-state index contributed by atoms with van der Waals surface area (Å²) in [5.74, 6) is 0.465. The van der Waals surface area contributed by atoms with Crippen molar-refractivity contribution in [1.29, 1.82) is 0 Å². The molecule has 0 spiro atoms. The summed E-state index contributed by atoms with van der Waals surface area (Å²) in [6, 6.07) is 7.42. The number of benzene rings is 1. The summed E-state index contributed by atoms with van der Waals surface area (Å²) in [5.41, 5.74) is 6.45. The fraction of sp³-hybridized carbons (Fsp3) is 0.533. The van der Waals surface area contributed by atoms with E-state index in [0.29, 0.717) is 5.92 Å². The van der Waals surface area contributed by atoms with Crippen molar-refractivity contribution in [3.63, 3.8) is 0 Å². The minimum Gasteiger partial charge on any atom is -0.508 e. The van der Waals surface area contributed by atoms with Gasteiger partial charge in [-0.2, -0.15) is 0 Å². The second-order valence-corrected chi connectivity index (χ2v) is 5.51. The molecule has 0 aromatic heterocycles. The monoisotopic (exact) mass is 264 g/mol. The van der Waals surface area contributed by atoms with Crippen molar-refractivity contribution < 1.29 is 9.90 Å². The number of hydrogen-bond donors (Lipinski definition) is 2. The number of rotatable bonds is 7. The predicted molar refractivity (Wildman–Crippen MR) is 76.9 cm³/mol. The molecule has 4 nitrogen and oxygen atoms in total. The van der Waals surface area contributed by atoms with Crippen LogP contribution in [0.2, 0.25) is 0 Å². The molecule has 0 aliphatic rings. The molecule has 0 aliphatic carbocycles. The quantitative estimate of drug-likeness (QED) is 0.788. The second kappa shape index (κ2) is 7.14. The van der Waals surface area contributed by atoms with Crippen LogP contribution in [0.25, 0.3) is 0 Å². The van der Waals surface area contributed by atoms with E-state index in [0.717, 1.165) is 18.5 Å². The summed E-state index contributed by atoms with van der Waals surface area (Å²) in [5, 5.41) is 9.27. The molecule has 1 amide bonds. The summed E-state index contributed by atoms with van der Waals surface area (Å²) in [6.07, 6.45) is 0.834. The number of carbonyl (C=O) groups is 1. The number of carbonyl (C=O) groups excluding carboxylic acids is 1. The van der Waals surface area contributed by atoms with Crippen LogP contribution >= 0.6 is 0 Å². The van der Waals surface area contributed by atoms with E-state index in [1.165, 1.54) is 0 Å². The normalized spacial score (nSPS) is 12.9. The Hall–Kier alpha value is -1.55. The molecule has 106 valence electrons. The summed E-state index contributed by atoms with van der Waals surface area (Å²) in [6.45, 7) is 7.49. The molecule has 0 saturated carbocycles. The van der Waals surface area contributed by atoms with Crippen molar-refractivity contribution in [3.05, 3.63) is 29.8 Å². The zero-order chi connectivity index (χ0) is 14.4. The Balaban J connectivity index is 2.67. The fourth-order valence-electron chi connectivity index (χ4n) is 2.17. The summed E-state index contributed by atoms with van der Waals surface area (Å²) < 4.78 is 0. The molecule has 3 N–H and O–H groups in total. The highest BCUT2D eigenvalue weighted by Crippen LogP contribution is 2.14. The molecule has 1 unspecified atom stereocenters. The van der Waals surface area contributed by atoms with Crippen molar-refractivity contribution >= 4 is 5.91 Å². The van der Waals surface area contributed by atoms with Crippen LogP contribution in [0.15, 0.2) is 24.3 Å². The number of hydrogen-bond acceptors (Lipinski definition) is 3. The van der Waals surface area contributed by atoms with Crippen LogP contribution in [0, 0.1) is 5.92 Å². The molecule has 0 bridgehead atoms. The number of nitrogens with zero attached hydrogens (tertiary/aromatic N) is 1. The van der Waals surface area contributed by atoms with Gasteiger partial charge in [0.1, 0.15) is 5.75 Å². The highest BCUT2D eigenvalue weighted by atomic mass is 16.3. The lowest BCUT2D eigenvalue weighted by Crippen LogP contribution is -2.42. The Morgan fingerprint density at radius 2 is 1.84 bits per heavy atom. The molecule has 1 atom stereocenters. The van der Waals surface area contributed by atoms with Gasteiger partial charge in [0.05, 0.1) is 6.54 Å². The Bertz CT molecular complexity index is 401. The van der Waals surface area contributed by atoms with E-state index in [1.807, 2.05) is 12.1 Å². The molecule has 4 heteroatoms. The minimum absolute atomic E-state index is 0.236. The van der Waals surface area contributed by atoms with Crippen LogP contribution < -0.4 is 5.73 Å². The summed E-state index contributed by atoms with van der Waals surface area (Å²) in [4.78, 5) is 13.3. The maximum atomic E-state index is 11.1. The molecule has 0 fully saturated rings. The van der Waals surface area contributed by atoms with Gasteiger partial charge < -0.3 is 10.8 Å². The van der Waals surface area contributed by atoms with E-state index >= 15 is 0 Å². The van der Waals surface area contributed by atoms with Crippen molar-refractivity contribution in [2.45, 2.75) is 33.2 Å². The first-order valence-electron chi connectivity index (χ1n) is 6.68. The van der Waals surface area contributed by atoms with Gasteiger partial charge in [-0.05, 0) is 37.0 Å². The first kappa shape index (κ1) is 15.5. The van der Waals surface area contributed by atoms with Gasteiger partial charge >= 0.3 is 0 Å². The third-order valence-corrected chi connectivity index (χ3v) is 3.05. The number of phenolic OH excluding ortho intramolecular Hbond substituents is 1. The molecular weight excluding hydrogens is 240 g/mol. The van der Waals surface area contributed by atoms with E-state index in [9.17, 15) is 9.90 Å². The van der Waals surface area contributed by atoms with Gasteiger partial charge in [-0.15, -0.1) is 0 Å². The molecule has 1 rings (SSSR count). The molecule has 0 aliphatic heterocycles. The molecular formula is C15H24N2O2. The van der Waals surface area contributed by atoms with Crippen molar-refractivity contribution in [2.24, 2.45) is 11.7 Å². The Labute approximate surface area is 115 Å². The number of phenols is 1. The van der Waals surface area contributed by atoms with Crippen molar-refractivity contribution in [2.75, 3.05) is 13.1 Å². The molecule has 0 heterocycles. The zero-order valence-electron chi connectivity index (χ0n) is 12.0. The lowest BCUT2D eigenvalue weighted by Gasteiger charge is -2.29. The smallest absolute Gasteiger partial charge is 0.231 e. The Morgan fingerprint density at radius 1 is 1.26 bits per heavy atom. The third-order valence-electron chi connectivity index (χ3n) is 3.05. The predicted octanol–water partition coefficient (Wildman–Crippen LogP) is 1.77.